The van der Waals surface area contributed by atoms with Crippen molar-refractivity contribution in [2.45, 2.75) is 6.92 Å². The summed E-state index contributed by atoms with van der Waals surface area (Å²) in [6.45, 7) is 6.05. The highest BCUT2D eigenvalue weighted by Gasteiger charge is 2.00. The van der Waals surface area contributed by atoms with Gasteiger partial charge in [-0.2, -0.15) is 11.3 Å². The van der Waals surface area contributed by atoms with E-state index in [2.05, 4.69) is 40.2 Å². The Balaban J connectivity index is 2.93. The van der Waals surface area contributed by atoms with E-state index in [1.54, 1.807) is 11.3 Å². The molecule has 1 heterocycles. The molecule has 0 saturated carbocycles. The molecule has 2 heteroatoms. The van der Waals surface area contributed by atoms with Crippen LogP contribution in [0.2, 0.25) is 0 Å². The molecular weight excluding hydrogens is 208 g/mol. The third kappa shape index (κ3) is 1.50. The molecule has 0 aromatic carbocycles. The Labute approximate surface area is 73.7 Å². The first kappa shape index (κ1) is 8.02. The van der Waals surface area contributed by atoms with Gasteiger partial charge in [0, 0.05) is 5.33 Å². The standard InChI is InChI=1S/C8H9BrS/c1-6(3-9)8-5-10-4-7(8)2/h4-5H,1,3H2,2H3. The molecular formula is C8H9BrS. The van der Waals surface area contributed by atoms with Gasteiger partial charge in [-0.05, 0) is 34.4 Å². The Morgan fingerprint density at radius 1 is 1.70 bits per heavy atom. The van der Waals surface area contributed by atoms with Crippen molar-refractivity contribution >= 4 is 32.8 Å². The molecule has 54 valence electrons. The molecule has 1 aromatic heterocycles. The van der Waals surface area contributed by atoms with Gasteiger partial charge in [0.15, 0.2) is 0 Å². The number of halogens is 1. The molecule has 0 nitrogen and oxygen atoms in total. The molecule has 10 heavy (non-hydrogen) atoms. The van der Waals surface area contributed by atoms with Crippen molar-refractivity contribution in [3.8, 4) is 0 Å². The Bertz CT molecular complexity index is 237. The molecule has 0 fully saturated rings. The molecule has 0 aliphatic carbocycles. The van der Waals surface area contributed by atoms with Gasteiger partial charge in [0.25, 0.3) is 0 Å². The van der Waals surface area contributed by atoms with Gasteiger partial charge in [-0.1, -0.05) is 22.5 Å². The van der Waals surface area contributed by atoms with Crippen molar-refractivity contribution in [3.05, 3.63) is 28.5 Å². The maximum absolute atomic E-state index is 3.94. The highest BCUT2D eigenvalue weighted by Crippen LogP contribution is 2.22. The molecule has 0 N–H and O–H groups in total. The fourth-order valence-electron chi connectivity index (χ4n) is 0.795. The first-order valence-corrected chi connectivity index (χ1v) is 5.09. The summed E-state index contributed by atoms with van der Waals surface area (Å²) in [5.74, 6) is 0. The molecule has 1 aromatic rings. The normalized spacial score (nSPS) is 9.80. The fraction of sp³-hybridized carbons (Fsp3) is 0.250. The minimum absolute atomic E-state index is 0.866. The van der Waals surface area contributed by atoms with Gasteiger partial charge in [0.2, 0.25) is 0 Å². The Morgan fingerprint density at radius 2 is 2.40 bits per heavy atom. The van der Waals surface area contributed by atoms with Crippen molar-refractivity contribution in [2.24, 2.45) is 0 Å². The summed E-state index contributed by atoms with van der Waals surface area (Å²) in [6, 6.07) is 0. The third-order valence-electron chi connectivity index (χ3n) is 1.40. The lowest BCUT2D eigenvalue weighted by molar-refractivity contribution is 1.49. The number of thiophene rings is 1. The SMILES string of the molecule is C=C(CBr)c1cscc1C. The Hall–Kier alpha value is -0.0800. The highest BCUT2D eigenvalue weighted by molar-refractivity contribution is 9.09. The number of hydrogen-bond donors (Lipinski definition) is 0. The predicted molar refractivity (Wildman–Crippen MR) is 51.9 cm³/mol. The van der Waals surface area contributed by atoms with Crippen LogP contribution in [0.25, 0.3) is 5.57 Å². The van der Waals surface area contributed by atoms with Crippen molar-refractivity contribution in [2.75, 3.05) is 5.33 Å². The zero-order chi connectivity index (χ0) is 7.56. The van der Waals surface area contributed by atoms with Crippen LogP contribution in [-0.4, -0.2) is 5.33 Å². The zero-order valence-electron chi connectivity index (χ0n) is 5.86. The number of allylic oxidation sites excluding steroid dienone is 1. The van der Waals surface area contributed by atoms with E-state index in [9.17, 15) is 0 Å². The number of rotatable bonds is 2. The van der Waals surface area contributed by atoms with Gasteiger partial charge in [-0.15, -0.1) is 0 Å². The van der Waals surface area contributed by atoms with Crippen molar-refractivity contribution in [3.63, 3.8) is 0 Å². The maximum atomic E-state index is 3.94. The van der Waals surface area contributed by atoms with E-state index < -0.39 is 0 Å². The van der Waals surface area contributed by atoms with E-state index in [-0.39, 0.29) is 0 Å². The van der Waals surface area contributed by atoms with Crippen LogP contribution < -0.4 is 0 Å². The topological polar surface area (TPSA) is 0 Å². The van der Waals surface area contributed by atoms with E-state index >= 15 is 0 Å². The maximum Gasteiger partial charge on any atom is 0.0283 e. The lowest BCUT2D eigenvalue weighted by atomic mass is 10.1. The van der Waals surface area contributed by atoms with Crippen LogP contribution in [0.3, 0.4) is 0 Å². The molecule has 0 aliphatic heterocycles. The van der Waals surface area contributed by atoms with E-state index in [4.69, 9.17) is 0 Å². The molecule has 0 spiro atoms. The molecule has 0 unspecified atom stereocenters. The van der Waals surface area contributed by atoms with Crippen LogP contribution in [0.5, 0.6) is 0 Å². The van der Waals surface area contributed by atoms with Gasteiger partial charge in [0.1, 0.15) is 0 Å². The largest absolute Gasteiger partial charge is 0.152 e. The second kappa shape index (κ2) is 3.35. The smallest absolute Gasteiger partial charge is 0.0283 e. The van der Waals surface area contributed by atoms with Gasteiger partial charge in [-0.3, -0.25) is 0 Å². The van der Waals surface area contributed by atoms with E-state index in [0.29, 0.717) is 0 Å². The van der Waals surface area contributed by atoms with Crippen LogP contribution in [-0.2, 0) is 0 Å². The Morgan fingerprint density at radius 3 is 2.80 bits per heavy atom. The van der Waals surface area contributed by atoms with Crippen LogP contribution in [0.15, 0.2) is 17.3 Å². The lowest BCUT2D eigenvalue weighted by Crippen LogP contribution is -1.81. The van der Waals surface area contributed by atoms with E-state index in [1.807, 2.05) is 0 Å². The summed E-state index contributed by atoms with van der Waals surface area (Å²) in [7, 11) is 0. The van der Waals surface area contributed by atoms with Gasteiger partial charge in [0.05, 0.1) is 0 Å². The van der Waals surface area contributed by atoms with Gasteiger partial charge >= 0.3 is 0 Å². The molecule has 0 amide bonds. The average Bonchev–Trinajstić information content (AvgIpc) is 2.34. The van der Waals surface area contributed by atoms with Gasteiger partial charge < -0.3 is 0 Å². The van der Waals surface area contributed by atoms with Crippen LogP contribution >= 0.6 is 27.3 Å². The lowest BCUT2D eigenvalue weighted by Gasteiger charge is -1.97. The minimum Gasteiger partial charge on any atom is -0.152 e. The first-order chi connectivity index (χ1) is 4.75. The third-order valence-corrected chi connectivity index (χ3v) is 2.94. The molecule has 0 saturated heterocycles. The molecule has 0 atom stereocenters. The molecule has 0 bridgehead atoms. The van der Waals surface area contributed by atoms with Crippen molar-refractivity contribution in [1.82, 2.24) is 0 Å². The predicted octanol–water partition coefficient (Wildman–Crippen LogP) is 3.46. The fourth-order valence-corrected chi connectivity index (χ4v) is 1.98. The molecule has 0 radical (unpaired) electrons. The second-order valence-corrected chi connectivity index (χ2v) is 3.51. The van der Waals surface area contributed by atoms with Crippen LogP contribution in [0, 0.1) is 6.92 Å². The van der Waals surface area contributed by atoms with E-state index in [1.165, 1.54) is 16.7 Å². The summed E-state index contributed by atoms with van der Waals surface area (Å²) in [4.78, 5) is 0. The zero-order valence-corrected chi connectivity index (χ0v) is 8.26. The molecule has 1 rings (SSSR count). The van der Waals surface area contributed by atoms with Crippen LogP contribution in [0.1, 0.15) is 11.1 Å². The van der Waals surface area contributed by atoms with Crippen molar-refractivity contribution < 1.29 is 0 Å². The van der Waals surface area contributed by atoms with Crippen molar-refractivity contribution in [1.29, 1.82) is 0 Å². The summed E-state index contributed by atoms with van der Waals surface area (Å²) in [6.07, 6.45) is 0. The first-order valence-electron chi connectivity index (χ1n) is 3.02. The summed E-state index contributed by atoms with van der Waals surface area (Å²) in [5.41, 5.74) is 3.79. The average molecular weight is 217 g/mol. The molecule has 0 aliphatic rings. The van der Waals surface area contributed by atoms with E-state index in [0.717, 1.165) is 5.33 Å². The summed E-state index contributed by atoms with van der Waals surface area (Å²) in [5, 5.41) is 5.15. The summed E-state index contributed by atoms with van der Waals surface area (Å²) < 4.78 is 0. The number of alkyl halides is 1. The monoisotopic (exact) mass is 216 g/mol. The second-order valence-electron chi connectivity index (χ2n) is 2.21. The Kier molecular flexibility index (Phi) is 2.69. The number of hydrogen-bond acceptors (Lipinski definition) is 1. The summed E-state index contributed by atoms with van der Waals surface area (Å²) >= 11 is 5.10. The van der Waals surface area contributed by atoms with Crippen LogP contribution in [0.4, 0.5) is 0 Å². The quantitative estimate of drug-likeness (QED) is 0.665. The highest BCUT2D eigenvalue weighted by atomic mass is 79.9. The number of aryl methyl sites for hydroxylation is 1. The minimum atomic E-state index is 0.866. The van der Waals surface area contributed by atoms with Gasteiger partial charge in [-0.25, -0.2) is 0 Å².